The van der Waals surface area contributed by atoms with Crippen LogP contribution in [0.25, 0.3) is 0 Å². The molecule has 1 aliphatic carbocycles. The van der Waals surface area contributed by atoms with Crippen molar-refractivity contribution in [3.63, 3.8) is 0 Å². The molecular weight excluding hydrogens is 287 g/mol. The van der Waals surface area contributed by atoms with Crippen LogP contribution in [0, 0.1) is 17.6 Å². The van der Waals surface area contributed by atoms with Gasteiger partial charge < -0.3 is 0 Å². The van der Waals surface area contributed by atoms with Crippen molar-refractivity contribution in [3.8, 4) is 0 Å². The molecule has 1 aromatic carbocycles. The van der Waals surface area contributed by atoms with Gasteiger partial charge in [-0.1, -0.05) is 12.2 Å². The fourth-order valence-electron chi connectivity index (χ4n) is 3.02. The minimum atomic E-state index is -5.00. The molecule has 0 N–H and O–H groups in total. The van der Waals surface area contributed by atoms with Gasteiger partial charge in [0.05, 0.1) is 0 Å². The third-order valence-electron chi connectivity index (χ3n) is 4.06. The van der Waals surface area contributed by atoms with E-state index in [4.69, 9.17) is 0 Å². The number of alkyl halides is 3. The molecule has 116 valence electrons. The summed E-state index contributed by atoms with van der Waals surface area (Å²) < 4.78 is 64.8. The van der Waals surface area contributed by atoms with E-state index < -0.39 is 23.4 Å². The zero-order valence-corrected chi connectivity index (χ0v) is 11.7. The normalized spacial score (nSPS) is 23.7. The molecule has 0 heterocycles. The van der Waals surface area contributed by atoms with Crippen LogP contribution in [0.2, 0.25) is 0 Å². The Bertz CT molecular complexity index is 499. The van der Waals surface area contributed by atoms with Gasteiger partial charge in [-0.15, -0.1) is 0 Å². The molecule has 0 unspecified atom stereocenters. The summed E-state index contributed by atoms with van der Waals surface area (Å²) in [7, 11) is 0. The van der Waals surface area contributed by atoms with Crippen LogP contribution in [0.3, 0.4) is 0 Å². The average Bonchev–Trinajstić information content (AvgIpc) is 2.37. The summed E-state index contributed by atoms with van der Waals surface area (Å²) in [4.78, 5) is 0. The van der Waals surface area contributed by atoms with Crippen molar-refractivity contribution in [1.82, 2.24) is 0 Å². The lowest BCUT2D eigenvalue weighted by molar-refractivity contribution is -0.142. The van der Waals surface area contributed by atoms with Gasteiger partial charge in [-0.3, -0.25) is 0 Å². The maximum absolute atomic E-state index is 13.6. The van der Waals surface area contributed by atoms with E-state index >= 15 is 0 Å². The van der Waals surface area contributed by atoms with Crippen LogP contribution >= 0.6 is 0 Å². The zero-order chi connectivity index (χ0) is 15.6. The summed E-state index contributed by atoms with van der Waals surface area (Å²) in [6, 6.07) is 1.68. The van der Waals surface area contributed by atoms with Crippen LogP contribution in [0.1, 0.15) is 49.7 Å². The third-order valence-corrected chi connectivity index (χ3v) is 4.06. The van der Waals surface area contributed by atoms with Gasteiger partial charge in [0.25, 0.3) is 0 Å². The molecule has 0 radical (unpaired) electrons. The molecule has 1 saturated carbocycles. The fourth-order valence-corrected chi connectivity index (χ4v) is 3.02. The molecular formula is C16H17F5. The van der Waals surface area contributed by atoms with E-state index in [1.165, 1.54) is 0 Å². The molecule has 0 nitrogen and oxygen atoms in total. The van der Waals surface area contributed by atoms with Crippen molar-refractivity contribution in [1.29, 1.82) is 0 Å². The maximum Gasteiger partial charge on any atom is 0.422 e. The summed E-state index contributed by atoms with van der Waals surface area (Å²) in [5, 5.41) is 0. The largest absolute Gasteiger partial charge is 0.422 e. The SMILES string of the molecule is C/C=C/[C@H]1CC[C@H](c2cc(F)c(C(F)(F)F)c(F)c2)CC1. The predicted molar refractivity (Wildman–Crippen MR) is 70.9 cm³/mol. The lowest BCUT2D eigenvalue weighted by Crippen LogP contribution is -2.15. The third kappa shape index (κ3) is 3.63. The molecule has 0 bridgehead atoms. The first kappa shape index (κ1) is 16.0. The monoisotopic (exact) mass is 304 g/mol. The fraction of sp³-hybridized carbons (Fsp3) is 0.500. The van der Waals surface area contributed by atoms with E-state index in [9.17, 15) is 22.0 Å². The molecule has 1 fully saturated rings. The summed E-state index contributed by atoms with van der Waals surface area (Å²) in [5.41, 5.74) is -1.47. The Morgan fingerprint density at radius 1 is 1.00 bits per heavy atom. The number of allylic oxidation sites excluding steroid dienone is 2. The molecule has 2 rings (SSSR count). The second-order valence-electron chi connectivity index (χ2n) is 5.49. The molecule has 0 spiro atoms. The van der Waals surface area contributed by atoms with Crippen molar-refractivity contribution in [2.45, 2.75) is 44.7 Å². The molecule has 21 heavy (non-hydrogen) atoms. The van der Waals surface area contributed by atoms with Crippen molar-refractivity contribution >= 4 is 0 Å². The molecule has 0 aliphatic heterocycles. The van der Waals surface area contributed by atoms with Gasteiger partial charge in [0, 0.05) is 0 Å². The highest BCUT2D eigenvalue weighted by atomic mass is 19.4. The quantitative estimate of drug-likeness (QED) is 0.476. The van der Waals surface area contributed by atoms with Crippen LogP contribution in [0.5, 0.6) is 0 Å². The van der Waals surface area contributed by atoms with Gasteiger partial charge in [0.1, 0.15) is 17.2 Å². The highest BCUT2D eigenvalue weighted by molar-refractivity contribution is 5.30. The highest BCUT2D eigenvalue weighted by Gasteiger charge is 2.38. The van der Waals surface area contributed by atoms with E-state index in [1.807, 2.05) is 13.0 Å². The van der Waals surface area contributed by atoms with Gasteiger partial charge in [0.15, 0.2) is 0 Å². The summed E-state index contributed by atoms with van der Waals surface area (Å²) >= 11 is 0. The topological polar surface area (TPSA) is 0 Å². The minimum Gasteiger partial charge on any atom is -0.206 e. The second-order valence-corrected chi connectivity index (χ2v) is 5.49. The Morgan fingerprint density at radius 3 is 1.95 bits per heavy atom. The maximum atomic E-state index is 13.6. The Hall–Kier alpha value is -1.39. The Balaban J connectivity index is 2.20. The van der Waals surface area contributed by atoms with Gasteiger partial charge in [-0.2, -0.15) is 13.2 Å². The number of rotatable bonds is 2. The standard InChI is InChI=1S/C16H17F5/c1-2-3-10-4-6-11(7-5-10)12-8-13(17)15(14(18)9-12)16(19,20)21/h2-3,8-11H,4-7H2,1H3/b3-2+/t10-,11-. The highest BCUT2D eigenvalue weighted by Crippen LogP contribution is 2.39. The van der Waals surface area contributed by atoms with E-state index in [2.05, 4.69) is 6.08 Å². The summed E-state index contributed by atoms with van der Waals surface area (Å²) in [6.07, 6.45) is 2.32. The Morgan fingerprint density at radius 2 is 1.52 bits per heavy atom. The van der Waals surface area contributed by atoms with Gasteiger partial charge in [0.2, 0.25) is 0 Å². The van der Waals surface area contributed by atoms with Crippen LogP contribution in [0.4, 0.5) is 22.0 Å². The molecule has 1 aliphatic rings. The molecule has 1 aromatic rings. The predicted octanol–water partition coefficient (Wildman–Crippen LogP) is 5.83. The number of hydrogen-bond donors (Lipinski definition) is 0. The second kappa shape index (κ2) is 6.16. The first-order valence-electron chi connectivity index (χ1n) is 7.02. The van der Waals surface area contributed by atoms with Crippen molar-refractivity contribution in [3.05, 3.63) is 47.0 Å². The van der Waals surface area contributed by atoms with Crippen molar-refractivity contribution in [2.24, 2.45) is 5.92 Å². The number of hydrogen-bond acceptors (Lipinski definition) is 0. The Kier molecular flexibility index (Phi) is 4.69. The lowest BCUT2D eigenvalue weighted by Gasteiger charge is -2.27. The summed E-state index contributed by atoms with van der Waals surface area (Å²) in [5.74, 6) is -2.66. The average molecular weight is 304 g/mol. The van der Waals surface area contributed by atoms with Gasteiger partial charge >= 0.3 is 6.18 Å². The van der Waals surface area contributed by atoms with E-state index in [0.717, 1.165) is 37.8 Å². The smallest absolute Gasteiger partial charge is 0.206 e. The first-order valence-corrected chi connectivity index (χ1v) is 7.02. The summed E-state index contributed by atoms with van der Waals surface area (Å²) in [6.45, 7) is 1.94. The number of benzene rings is 1. The molecule has 0 saturated heterocycles. The Labute approximate surface area is 120 Å². The molecule has 5 heteroatoms. The van der Waals surface area contributed by atoms with E-state index in [-0.39, 0.29) is 5.92 Å². The first-order chi connectivity index (χ1) is 9.82. The van der Waals surface area contributed by atoms with Crippen LogP contribution in [0.15, 0.2) is 24.3 Å². The van der Waals surface area contributed by atoms with Crippen LogP contribution in [-0.2, 0) is 6.18 Å². The molecule has 0 aromatic heterocycles. The molecule has 0 amide bonds. The van der Waals surface area contributed by atoms with Crippen molar-refractivity contribution in [2.75, 3.05) is 0 Å². The van der Waals surface area contributed by atoms with E-state index in [1.54, 1.807) is 0 Å². The number of halogens is 5. The van der Waals surface area contributed by atoms with E-state index in [0.29, 0.717) is 11.5 Å². The minimum absolute atomic E-state index is 0.0715. The van der Waals surface area contributed by atoms with Crippen LogP contribution < -0.4 is 0 Å². The van der Waals surface area contributed by atoms with Crippen molar-refractivity contribution < 1.29 is 22.0 Å². The molecule has 0 atom stereocenters. The van der Waals surface area contributed by atoms with Gasteiger partial charge in [-0.25, -0.2) is 8.78 Å². The zero-order valence-electron chi connectivity index (χ0n) is 11.7. The van der Waals surface area contributed by atoms with Gasteiger partial charge in [-0.05, 0) is 62.1 Å². The van der Waals surface area contributed by atoms with Crippen LogP contribution in [-0.4, -0.2) is 0 Å². The lowest BCUT2D eigenvalue weighted by atomic mass is 9.78.